The van der Waals surface area contributed by atoms with Crippen LogP contribution in [0.3, 0.4) is 0 Å². The summed E-state index contributed by atoms with van der Waals surface area (Å²) in [7, 11) is 2.21. The van der Waals surface area contributed by atoms with Crippen molar-refractivity contribution >= 4 is 44.1 Å². The molecule has 1 aliphatic rings. The molecule has 1 nitrogen and oxygen atoms in total. The Morgan fingerprint density at radius 1 is 0.853 bits per heavy atom. The number of aryl methyl sites for hydroxylation is 2. The molecule has 0 unspecified atom stereocenters. The van der Waals surface area contributed by atoms with Gasteiger partial charge in [-0.05, 0) is 69.5 Å². The van der Waals surface area contributed by atoms with Crippen LogP contribution in [-0.4, -0.2) is 0 Å². The maximum atomic E-state index is 2.45. The number of hydrogen-bond acceptors (Lipinski definition) is 1. The Morgan fingerprint density at radius 2 is 1.62 bits per heavy atom. The SMILES string of the molecule is Cc1c2c(c(C(C)C)c3ccccc13)Sc1cc3cccc(CC(C)C)c3c3cc[n+](C)c-2c13. The molecular weight excluding hydrogens is 430 g/mol. The Morgan fingerprint density at radius 3 is 2.35 bits per heavy atom. The molecule has 0 aliphatic carbocycles. The van der Waals surface area contributed by atoms with Crippen LogP contribution in [0.4, 0.5) is 0 Å². The summed E-state index contributed by atoms with van der Waals surface area (Å²) in [6.07, 6.45) is 3.38. The molecule has 0 bridgehead atoms. The molecule has 0 fully saturated rings. The lowest BCUT2D eigenvalue weighted by atomic mass is 9.86. The minimum absolute atomic E-state index is 0.455. The lowest BCUT2D eigenvalue weighted by Gasteiger charge is -2.26. The molecular formula is C32H32NS+. The van der Waals surface area contributed by atoms with Crippen LogP contribution in [0.15, 0.2) is 70.6 Å². The molecule has 0 amide bonds. The zero-order chi connectivity index (χ0) is 23.7. The third-order valence-electron chi connectivity index (χ3n) is 7.43. The predicted octanol–water partition coefficient (Wildman–Crippen LogP) is 8.73. The first-order valence-corrected chi connectivity index (χ1v) is 13.3. The van der Waals surface area contributed by atoms with E-state index in [9.17, 15) is 0 Å². The summed E-state index contributed by atoms with van der Waals surface area (Å²) in [4.78, 5) is 2.83. The van der Waals surface area contributed by atoms with Gasteiger partial charge in [-0.25, -0.2) is 4.57 Å². The molecule has 0 saturated heterocycles. The third-order valence-corrected chi connectivity index (χ3v) is 8.60. The standard InChI is InChI=1S/C32H32NS/c1-18(2)16-21-10-9-11-22-17-26-30-25(29(21)22)14-15-33(6)31(30)28-20(5)23-12-7-8-13-24(23)27(19(3)4)32(28)34-26/h7-15,17-19H,16H2,1-6H3/q+1. The molecule has 1 aliphatic heterocycles. The van der Waals surface area contributed by atoms with Gasteiger partial charge in [-0.1, -0.05) is 81.9 Å². The Labute approximate surface area is 206 Å². The summed E-state index contributed by atoms with van der Waals surface area (Å²) in [6, 6.07) is 20.6. The number of aromatic nitrogens is 1. The predicted molar refractivity (Wildman–Crippen MR) is 147 cm³/mol. The normalized spacial score (nSPS) is 12.9. The molecule has 4 aromatic carbocycles. The monoisotopic (exact) mass is 462 g/mol. The highest BCUT2D eigenvalue weighted by atomic mass is 32.2. The van der Waals surface area contributed by atoms with Gasteiger partial charge in [0.15, 0.2) is 6.20 Å². The number of benzene rings is 4. The van der Waals surface area contributed by atoms with Crippen molar-refractivity contribution in [1.29, 1.82) is 0 Å². The van der Waals surface area contributed by atoms with Crippen molar-refractivity contribution in [3.05, 3.63) is 77.5 Å². The molecule has 34 heavy (non-hydrogen) atoms. The molecule has 0 radical (unpaired) electrons. The second-order valence-corrected chi connectivity index (χ2v) is 11.6. The van der Waals surface area contributed by atoms with E-state index >= 15 is 0 Å². The van der Waals surface area contributed by atoms with Crippen LogP contribution in [0.25, 0.3) is 43.6 Å². The first-order valence-electron chi connectivity index (χ1n) is 12.5. The molecule has 6 rings (SSSR count). The van der Waals surface area contributed by atoms with Gasteiger partial charge in [-0.2, -0.15) is 0 Å². The summed E-state index contributed by atoms with van der Waals surface area (Å²) < 4.78 is 2.35. The minimum atomic E-state index is 0.455. The summed E-state index contributed by atoms with van der Waals surface area (Å²) in [5.41, 5.74) is 7.14. The van der Waals surface area contributed by atoms with Crippen molar-refractivity contribution in [2.45, 2.75) is 56.7 Å². The van der Waals surface area contributed by atoms with E-state index in [2.05, 4.69) is 107 Å². The van der Waals surface area contributed by atoms with Crippen molar-refractivity contribution < 1.29 is 4.57 Å². The van der Waals surface area contributed by atoms with Gasteiger partial charge in [0.05, 0.1) is 10.9 Å². The van der Waals surface area contributed by atoms with Gasteiger partial charge in [-0.15, -0.1) is 0 Å². The lowest BCUT2D eigenvalue weighted by Crippen LogP contribution is -2.32. The van der Waals surface area contributed by atoms with E-state index in [1.165, 1.54) is 70.1 Å². The van der Waals surface area contributed by atoms with Gasteiger partial charge < -0.3 is 0 Å². The van der Waals surface area contributed by atoms with Crippen LogP contribution in [0, 0.1) is 12.8 Å². The first kappa shape index (κ1) is 21.7. The van der Waals surface area contributed by atoms with Crippen molar-refractivity contribution in [1.82, 2.24) is 0 Å². The molecule has 170 valence electrons. The first-order chi connectivity index (χ1) is 16.4. The number of rotatable bonds is 3. The molecule has 0 spiro atoms. The molecule has 0 atom stereocenters. The van der Waals surface area contributed by atoms with Gasteiger partial charge in [0, 0.05) is 21.2 Å². The fourth-order valence-electron chi connectivity index (χ4n) is 6.06. The van der Waals surface area contributed by atoms with Crippen molar-refractivity contribution in [3.8, 4) is 11.3 Å². The Balaban J connectivity index is 1.82. The van der Waals surface area contributed by atoms with Crippen molar-refractivity contribution in [2.75, 3.05) is 0 Å². The highest BCUT2D eigenvalue weighted by Crippen LogP contribution is 2.54. The number of nitrogens with zero attached hydrogens (tertiary/aromatic N) is 1. The number of pyridine rings is 1. The second kappa shape index (κ2) is 7.85. The highest BCUT2D eigenvalue weighted by molar-refractivity contribution is 8.00. The average molecular weight is 463 g/mol. The molecule has 0 saturated carbocycles. The maximum Gasteiger partial charge on any atom is 0.222 e. The van der Waals surface area contributed by atoms with E-state index < -0.39 is 0 Å². The molecule has 2 heterocycles. The van der Waals surface area contributed by atoms with Gasteiger partial charge in [-0.3, -0.25) is 0 Å². The number of fused-ring (bicyclic) bond motifs is 5. The largest absolute Gasteiger partial charge is 0.222 e. The topological polar surface area (TPSA) is 3.88 Å². The van der Waals surface area contributed by atoms with Crippen LogP contribution >= 0.6 is 11.8 Å². The summed E-state index contributed by atoms with van der Waals surface area (Å²) in [5.74, 6) is 1.08. The smallest absolute Gasteiger partial charge is 0.200 e. The Kier molecular flexibility index (Phi) is 5.00. The zero-order valence-electron chi connectivity index (χ0n) is 21.0. The van der Waals surface area contributed by atoms with E-state index in [-0.39, 0.29) is 0 Å². The van der Waals surface area contributed by atoms with Crippen molar-refractivity contribution in [2.24, 2.45) is 13.0 Å². The van der Waals surface area contributed by atoms with Gasteiger partial charge in [0.1, 0.15) is 7.05 Å². The van der Waals surface area contributed by atoms with Crippen LogP contribution in [0.2, 0.25) is 0 Å². The molecule has 1 aromatic heterocycles. The van der Waals surface area contributed by atoms with Gasteiger partial charge in [0.25, 0.3) is 0 Å². The Hall–Kier alpha value is -2.84. The molecule has 2 heteroatoms. The lowest BCUT2D eigenvalue weighted by molar-refractivity contribution is -0.659. The highest BCUT2D eigenvalue weighted by Gasteiger charge is 2.33. The van der Waals surface area contributed by atoms with Crippen LogP contribution in [0.1, 0.15) is 50.3 Å². The van der Waals surface area contributed by atoms with Crippen LogP contribution < -0.4 is 4.57 Å². The van der Waals surface area contributed by atoms with E-state index in [0.717, 1.165) is 6.42 Å². The van der Waals surface area contributed by atoms with E-state index in [1.807, 2.05) is 11.8 Å². The quantitative estimate of drug-likeness (QED) is 0.188. The Bertz CT molecular complexity index is 1620. The fourth-order valence-corrected chi connectivity index (χ4v) is 7.58. The minimum Gasteiger partial charge on any atom is -0.200 e. The van der Waals surface area contributed by atoms with Crippen LogP contribution in [0.5, 0.6) is 0 Å². The van der Waals surface area contributed by atoms with Gasteiger partial charge >= 0.3 is 0 Å². The zero-order valence-corrected chi connectivity index (χ0v) is 21.8. The molecule has 0 N–H and O–H groups in total. The van der Waals surface area contributed by atoms with E-state index in [1.54, 1.807) is 0 Å². The summed E-state index contributed by atoms with van der Waals surface area (Å²) >= 11 is 1.99. The second-order valence-electron chi connectivity index (χ2n) is 10.6. The maximum absolute atomic E-state index is 2.45. The van der Waals surface area contributed by atoms with E-state index in [4.69, 9.17) is 0 Å². The van der Waals surface area contributed by atoms with Crippen molar-refractivity contribution in [3.63, 3.8) is 0 Å². The summed E-state index contributed by atoms with van der Waals surface area (Å²) in [6.45, 7) is 11.6. The van der Waals surface area contributed by atoms with Gasteiger partial charge in [0.2, 0.25) is 5.69 Å². The average Bonchev–Trinajstić information content (AvgIpc) is 2.80. The summed E-state index contributed by atoms with van der Waals surface area (Å²) in [5, 5.41) is 8.39. The molecule has 5 aromatic rings. The number of hydrogen-bond donors (Lipinski definition) is 0. The van der Waals surface area contributed by atoms with Crippen LogP contribution in [-0.2, 0) is 13.5 Å². The third kappa shape index (κ3) is 3.04. The van der Waals surface area contributed by atoms with E-state index in [0.29, 0.717) is 11.8 Å². The fraction of sp³-hybridized carbons (Fsp3) is 0.281.